The van der Waals surface area contributed by atoms with Gasteiger partial charge in [0.25, 0.3) is 0 Å². The van der Waals surface area contributed by atoms with E-state index in [1.165, 1.54) is 17.8 Å². The van der Waals surface area contributed by atoms with Crippen LogP contribution in [0.15, 0.2) is 6.33 Å². The Bertz CT molecular complexity index is 777. The number of rotatable bonds is 5. The van der Waals surface area contributed by atoms with Gasteiger partial charge in [0, 0.05) is 0 Å². The van der Waals surface area contributed by atoms with E-state index in [4.69, 9.17) is 9.47 Å². The number of aliphatic hydroxyl groups excluding tert-OH is 2. The van der Waals surface area contributed by atoms with E-state index in [0.29, 0.717) is 23.6 Å². The number of hydrogen-bond acceptors (Lipinski definition) is 8. The van der Waals surface area contributed by atoms with Gasteiger partial charge < -0.3 is 24.8 Å². The van der Waals surface area contributed by atoms with Crippen LogP contribution < -0.4 is 4.74 Å². The van der Waals surface area contributed by atoms with Crippen molar-refractivity contribution in [2.24, 2.45) is 0 Å². The molecule has 0 unspecified atom stereocenters. The summed E-state index contributed by atoms with van der Waals surface area (Å²) in [6.45, 7) is 3.20. The minimum absolute atomic E-state index is 0.279. The number of halogens is 1. The summed E-state index contributed by atoms with van der Waals surface area (Å²) in [5.74, 6) is 0.690. The number of fused-ring (bicyclic) bond motifs is 1. The van der Waals surface area contributed by atoms with E-state index in [1.54, 1.807) is 13.8 Å². The highest BCUT2D eigenvalue weighted by Gasteiger charge is 2.62. The van der Waals surface area contributed by atoms with Gasteiger partial charge in [0.2, 0.25) is 5.88 Å². The highest BCUT2D eigenvalue weighted by Crippen LogP contribution is 2.45. The second-order valence-electron chi connectivity index (χ2n) is 6.29. The molecule has 1 aliphatic rings. The summed E-state index contributed by atoms with van der Waals surface area (Å²) in [4.78, 5) is 12.7. The quantitative estimate of drug-likeness (QED) is 0.677. The molecule has 0 radical (unpaired) electrons. The van der Waals surface area contributed by atoms with E-state index < -0.39 is 36.8 Å². The molecule has 9 nitrogen and oxygen atoms in total. The fraction of sp³-hybridized carbons (Fsp3) is 0.667. The molecule has 25 heavy (non-hydrogen) atoms. The lowest BCUT2D eigenvalue weighted by molar-refractivity contribution is -0.137. The average Bonchev–Trinajstić information content (AvgIpc) is 3.07. The van der Waals surface area contributed by atoms with Crippen LogP contribution in [0.4, 0.5) is 4.39 Å². The summed E-state index contributed by atoms with van der Waals surface area (Å²) in [6.07, 6.45) is -1.51. The second kappa shape index (κ2) is 6.13. The Hall–Kier alpha value is -1.88. The third kappa shape index (κ3) is 2.56. The zero-order valence-electron chi connectivity index (χ0n) is 14.2. The van der Waals surface area contributed by atoms with Crippen molar-refractivity contribution >= 4 is 11.2 Å². The second-order valence-corrected chi connectivity index (χ2v) is 6.29. The Morgan fingerprint density at radius 2 is 2.16 bits per heavy atom. The van der Waals surface area contributed by atoms with Gasteiger partial charge in [0.05, 0.1) is 19.5 Å². The summed E-state index contributed by atoms with van der Waals surface area (Å²) in [6, 6.07) is 0. The Kier molecular flexibility index (Phi) is 4.40. The molecule has 0 saturated carbocycles. The molecule has 1 saturated heterocycles. The van der Waals surface area contributed by atoms with Gasteiger partial charge in [-0.05, 0) is 20.8 Å². The molecule has 3 N–H and O–H groups in total. The molecule has 0 aliphatic carbocycles. The number of nitrogens with zero attached hydrogens (tertiary/aromatic N) is 4. The molecule has 4 atom stereocenters. The molecular weight excluding hydrogens is 335 g/mol. The van der Waals surface area contributed by atoms with Crippen LogP contribution >= 0.6 is 0 Å². The number of aryl methyl sites for hydroxylation is 1. The molecule has 2 aromatic heterocycles. The smallest absolute Gasteiger partial charge is 0.245 e. The predicted octanol–water partition coefficient (Wildman–Crippen LogP) is -0.125. The van der Waals surface area contributed by atoms with Gasteiger partial charge in [-0.1, -0.05) is 0 Å². The molecule has 138 valence electrons. The third-order valence-corrected chi connectivity index (χ3v) is 4.43. The van der Waals surface area contributed by atoms with Crippen LogP contribution in [0.2, 0.25) is 0 Å². The summed E-state index contributed by atoms with van der Waals surface area (Å²) in [5, 5.41) is 30.6. The lowest BCUT2D eigenvalue weighted by Crippen LogP contribution is -2.52. The maximum absolute atomic E-state index is 13.5. The molecule has 0 bridgehead atoms. The molecule has 0 amide bonds. The molecule has 3 heterocycles. The minimum Gasteiger partial charge on any atom is -0.476 e. The monoisotopic (exact) mass is 356 g/mol. The third-order valence-electron chi connectivity index (χ3n) is 4.43. The van der Waals surface area contributed by atoms with Gasteiger partial charge >= 0.3 is 0 Å². The van der Waals surface area contributed by atoms with E-state index in [0.717, 1.165) is 0 Å². The van der Waals surface area contributed by atoms with Crippen molar-refractivity contribution in [1.29, 1.82) is 0 Å². The number of imidazole rings is 1. The summed E-state index contributed by atoms with van der Waals surface area (Å²) < 4.78 is 25.9. The van der Waals surface area contributed by atoms with E-state index in [1.807, 2.05) is 0 Å². The van der Waals surface area contributed by atoms with Crippen LogP contribution in [0.1, 0.15) is 25.9 Å². The van der Waals surface area contributed by atoms with Crippen LogP contribution in [0.25, 0.3) is 11.2 Å². The van der Waals surface area contributed by atoms with Gasteiger partial charge in [-0.25, -0.2) is 14.4 Å². The topological polar surface area (TPSA) is 123 Å². The SMILES string of the molecule is CCOc1nc(C)nc2c1ncn2[C@@H]1O[C@@](CO)(CF)[C@@H](O)[C@@]1(C)O. The fourth-order valence-corrected chi connectivity index (χ4v) is 3.09. The van der Waals surface area contributed by atoms with Gasteiger partial charge in [-0.15, -0.1) is 0 Å². The van der Waals surface area contributed by atoms with Crippen LogP contribution in [0.5, 0.6) is 5.88 Å². The van der Waals surface area contributed by atoms with Crippen molar-refractivity contribution in [3.63, 3.8) is 0 Å². The lowest BCUT2D eigenvalue weighted by Gasteiger charge is -2.29. The van der Waals surface area contributed by atoms with Gasteiger partial charge in [0.15, 0.2) is 23.0 Å². The van der Waals surface area contributed by atoms with Crippen LogP contribution in [0.3, 0.4) is 0 Å². The molecule has 1 aliphatic heterocycles. The molecular formula is C15H21FN4O5. The zero-order chi connectivity index (χ0) is 18.4. The average molecular weight is 356 g/mol. The summed E-state index contributed by atoms with van der Waals surface area (Å²) in [5.41, 5.74) is -3.15. The Morgan fingerprint density at radius 3 is 2.72 bits per heavy atom. The van der Waals surface area contributed by atoms with Crippen molar-refractivity contribution in [1.82, 2.24) is 19.5 Å². The van der Waals surface area contributed by atoms with Crippen molar-refractivity contribution in [3.05, 3.63) is 12.2 Å². The van der Waals surface area contributed by atoms with Crippen molar-refractivity contribution in [2.45, 2.75) is 44.3 Å². The van der Waals surface area contributed by atoms with E-state index in [-0.39, 0.29) is 5.88 Å². The van der Waals surface area contributed by atoms with Gasteiger partial charge in [0.1, 0.15) is 24.2 Å². The highest BCUT2D eigenvalue weighted by molar-refractivity contribution is 5.76. The van der Waals surface area contributed by atoms with Gasteiger partial charge in [-0.2, -0.15) is 4.98 Å². The molecule has 0 spiro atoms. The number of aromatic nitrogens is 4. The molecule has 3 rings (SSSR count). The number of alkyl halides is 1. The number of ether oxygens (including phenoxy) is 2. The van der Waals surface area contributed by atoms with Crippen LogP contribution in [-0.2, 0) is 4.74 Å². The zero-order valence-corrected chi connectivity index (χ0v) is 14.2. The number of hydrogen-bond donors (Lipinski definition) is 3. The standard InChI is InChI=1S/C15H21FN4O5/c1-4-24-11-9-10(18-8(2)19-11)20(7-17-9)13-14(3,23)12(22)15(5-16,6-21)25-13/h7,12-13,21-23H,4-6H2,1-3H3/t12-,13+,14+,15+/m0/s1. The fourth-order valence-electron chi connectivity index (χ4n) is 3.09. The van der Waals surface area contributed by atoms with Crippen LogP contribution in [-0.4, -0.2) is 72.0 Å². The summed E-state index contributed by atoms with van der Waals surface area (Å²) in [7, 11) is 0. The van der Waals surface area contributed by atoms with E-state index in [9.17, 15) is 19.7 Å². The first-order valence-corrected chi connectivity index (χ1v) is 7.89. The highest BCUT2D eigenvalue weighted by atomic mass is 19.1. The normalized spacial score (nSPS) is 32.4. The van der Waals surface area contributed by atoms with Crippen LogP contribution in [0, 0.1) is 6.92 Å². The maximum Gasteiger partial charge on any atom is 0.245 e. The molecule has 2 aromatic rings. The van der Waals surface area contributed by atoms with Crippen molar-refractivity contribution in [2.75, 3.05) is 19.9 Å². The number of aliphatic hydroxyl groups is 3. The first-order chi connectivity index (χ1) is 11.8. The van der Waals surface area contributed by atoms with Crippen molar-refractivity contribution in [3.8, 4) is 5.88 Å². The largest absolute Gasteiger partial charge is 0.476 e. The Morgan fingerprint density at radius 1 is 1.44 bits per heavy atom. The first kappa shape index (κ1) is 17.9. The van der Waals surface area contributed by atoms with Crippen molar-refractivity contribution < 1.29 is 29.2 Å². The van der Waals surface area contributed by atoms with E-state index in [2.05, 4.69) is 15.0 Å². The Balaban J connectivity index is 2.13. The maximum atomic E-state index is 13.5. The molecule has 10 heteroatoms. The minimum atomic E-state index is -1.92. The van der Waals surface area contributed by atoms with E-state index >= 15 is 0 Å². The molecule has 1 fully saturated rings. The Labute approximate surface area is 143 Å². The molecule has 0 aromatic carbocycles. The lowest BCUT2D eigenvalue weighted by atomic mass is 9.88. The summed E-state index contributed by atoms with van der Waals surface area (Å²) >= 11 is 0. The first-order valence-electron chi connectivity index (χ1n) is 7.89. The predicted molar refractivity (Wildman–Crippen MR) is 83.8 cm³/mol. The van der Waals surface area contributed by atoms with Gasteiger partial charge in [-0.3, -0.25) is 4.57 Å².